The summed E-state index contributed by atoms with van der Waals surface area (Å²) in [5, 5.41) is 11.8. The number of aromatic nitrogens is 2. The van der Waals surface area contributed by atoms with Crippen LogP contribution in [0.25, 0.3) is 22.6 Å². The fourth-order valence-corrected chi connectivity index (χ4v) is 3.43. The average Bonchev–Trinajstić information content (AvgIpc) is 3.10. The molecule has 2 aromatic carbocycles. The lowest BCUT2D eigenvalue weighted by Gasteiger charge is -2.08. The van der Waals surface area contributed by atoms with Crippen LogP contribution < -0.4 is 10.9 Å². The molecule has 7 nitrogen and oxygen atoms in total. The lowest BCUT2D eigenvalue weighted by Crippen LogP contribution is -2.21. The normalized spacial score (nSPS) is 14.1. The number of hydrogen-bond acceptors (Lipinski definition) is 4. The Kier molecular flexibility index (Phi) is 4.95. The number of fused-ring (bicyclic) bond motifs is 2. The summed E-state index contributed by atoms with van der Waals surface area (Å²) in [6, 6.07) is 14.8. The summed E-state index contributed by atoms with van der Waals surface area (Å²) in [4.78, 5) is 40.1. The summed E-state index contributed by atoms with van der Waals surface area (Å²) < 4.78 is 1.68. The zero-order valence-corrected chi connectivity index (χ0v) is 15.6. The molecule has 29 heavy (non-hydrogen) atoms. The maximum absolute atomic E-state index is 12.9. The standard InChI is InChI=1S/C22H19N3O4/c26-19(8-9-20(27)28)23-16-6-7-17-18(13-16)24-21-15(10-11-25(21)22(17)29)12-14-4-2-1-3-5-14/h1-7,12-13H,8-11H2,(H,23,26)(H,27,28). The smallest absolute Gasteiger partial charge is 0.303 e. The van der Waals surface area contributed by atoms with Crippen LogP contribution >= 0.6 is 0 Å². The first-order chi connectivity index (χ1) is 14.0. The van der Waals surface area contributed by atoms with Crippen molar-refractivity contribution >= 4 is 40.1 Å². The Morgan fingerprint density at radius 1 is 1.14 bits per heavy atom. The van der Waals surface area contributed by atoms with Crippen molar-refractivity contribution in [3.63, 3.8) is 0 Å². The van der Waals surface area contributed by atoms with Crippen LogP contribution in [-0.2, 0) is 16.1 Å². The van der Waals surface area contributed by atoms with Gasteiger partial charge in [0.2, 0.25) is 5.91 Å². The van der Waals surface area contributed by atoms with Crippen LogP contribution in [0.4, 0.5) is 5.69 Å². The fraction of sp³-hybridized carbons (Fsp3) is 0.182. The third-order valence-corrected chi connectivity index (χ3v) is 4.84. The summed E-state index contributed by atoms with van der Waals surface area (Å²) in [5.74, 6) is -0.781. The molecular weight excluding hydrogens is 370 g/mol. The lowest BCUT2D eigenvalue weighted by atomic mass is 10.1. The molecule has 0 radical (unpaired) electrons. The van der Waals surface area contributed by atoms with Crippen molar-refractivity contribution in [2.45, 2.75) is 25.8 Å². The second-order valence-electron chi connectivity index (χ2n) is 6.90. The highest BCUT2D eigenvalue weighted by Gasteiger charge is 2.21. The quantitative estimate of drug-likeness (QED) is 0.698. The van der Waals surface area contributed by atoms with Gasteiger partial charge in [0.05, 0.1) is 17.3 Å². The van der Waals surface area contributed by atoms with Crippen molar-refractivity contribution in [1.82, 2.24) is 9.55 Å². The van der Waals surface area contributed by atoms with Gasteiger partial charge in [-0.25, -0.2) is 4.98 Å². The average molecular weight is 389 g/mol. The zero-order valence-electron chi connectivity index (χ0n) is 15.6. The van der Waals surface area contributed by atoms with Crippen molar-refractivity contribution < 1.29 is 14.7 Å². The number of carbonyl (C=O) groups is 2. The van der Waals surface area contributed by atoms with E-state index in [2.05, 4.69) is 10.3 Å². The number of nitrogens with one attached hydrogen (secondary N) is 1. The topological polar surface area (TPSA) is 101 Å². The Morgan fingerprint density at radius 2 is 1.93 bits per heavy atom. The van der Waals surface area contributed by atoms with Crippen LogP contribution in [0, 0.1) is 0 Å². The van der Waals surface area contributed by atoms with Crippen molar-refractivity contribution in [2.24, 2.45) is 0 Å². The number of carboxylic acid groups (broad SMARTS) is 1. The first-order valence-corrected chi connectivity index (χ1v) is 9.33. The Balaban J connectivity index is 1.68. The van der Waals surface area contributed by atoms with Crippen LogP contribution in [0.3, 0.4) is 0 Å². The molecule has 0 atom stereocenters. The van der Waals surface area contributed by atoms with E-state index >= 15 is 0 Å². The number of aliphatic carboxylic acids is 1. The van der Waals surface area contributed by atoms with Crippen molar-refractivity contribution in [1.29, 1.82) is 0 Å². The number of carbonyl (C=O) groups excluding carboxylic acids is 1. The predicted octanol–water partition coefficient (Wildman–Crippen LogP) is 3.14. The summed E-state index contributed by atoms with van der Waals surface area (Å²) in [6.07, 6.45) is 2.42. The van der Waals surface area contributed by atoms with E-state index in [4.69, 9.17) is 5.11 Å². The van der Waals surface area contributed by atoms with E-state index in [0.29, 0.717) is 29.0 Å². The van der Waals surface area contributed by atoms with Gasteiger partial charge in [0.1, 0.15) is 5.82 Å². The summed E-state index contributed by atoms with van der Waals surface area (Å²) in [6.45, 7) is 0.587. The van der Waals surface area contributed by atoms with Gasteiger partial charge in [-0.15, -0.1) is 0 Å². The molecule has 0 unspecified atom stereocenters. The second-order valence-corrected chi connectivity index (χ2v) is 6.90. The number of nitrogens with zero attached hydrogens (tertiary/aromatic N) is 2. The van der Waals surface area contributed by atoms with Gasteiger partial charge in [-0.2, -0.15) is 0 Å². The molecule has 7 heteroatoms. The van der Waals surface area contributed by atoms with Crippen LogP contribution in [0.15, 0.2) is 53.3 Å². The number of allylic oxidation sites excluding steroid dienone is 1. The van der Waals surface area contributed by atoms with E-state index in [1.165, 1.54) is 0 Å². The fourth-order valence-electron chi connectivity index (χ4n) is 3.43. The second kappa shape index (κ2) is 7.71. The van der Waals surface area contributed by atoms with Crippen LogP contribution in [0.2, 0.25) is 0 Å². The molecule has 4 rings (SSSR count). The molecule has 0 spiro atoms. The van der Waals surface area contributed by atoms with E-state index in [1.54, 1.807) is 22.8 Å². The highest BCUT2D eigenvalue weighted by atomic mass is 16.4. The van der Waals surface area contributed by atoms with Crippen LogP contribution in [-0.4, -0.2) is 26.5 Å². The lowest BCUT2D eigenvalue weighted by molar-refractivity contribution is -0.138. The number of hydrogen-bond donors (Lipinski definition) is 2. The third kappa shape index (κ3) is 3.94. The molecule has 1 aliphatic rings. The van der Waals surface area contributed by atoms with Crippen molar-refractivity contribution in [3.05, 3.63) is 70.3 Å². The molecule has 1 aromatic heterocycles. The van der Waals surface area contributed by atoms with Gasteiger partial charge >= 0.3 is 5.97 Å². The first kappa shape index (κ1) is 18.6. The molecule has 3 aromatic rings. The highest BCUT2D eigenvalue weighted by molar-refractivity contribution is 5.95. The molecule has 0 aliphatic carbocycles. The summed E-state index contributed by atoms with van der Waals surface area (Å²) in [5.41, 5.74) is 2.91. The molecule has 0 fully saturated rings. The highest BCUT2D eigenvalue weighted by Crippen LogP contribution is 2.28. The monoisotopic (exact) mass is 389 g/mol. The Hall–Kier alpha value is -3.74. The van der Waals surface area contributed by atoms with Gasteiger partial charge in [-0.05, 0) is 41.8 Å². The summed E-state index contributed by atoms with van der Waals surface area (Å²) >= 11 is 0. The van der Waals surface area contributed by atoms with Gasteiger partial charge < -0.3 is 10.4 Å². The maximum atomic E-state index is 12.9. The van der Waals surface area contributed by atoms with Crippen LogP contribution in [0.5, 0.6) is 0 Å². The molecule has 0 bridgehead atoms. The molecule has 0 saturated carbocycles. The minimum absolute atomic E-state index is 0.106. The number of anilines is 1. The van der Waals surface area contributed by atoms with Gasteiger partial charge in [0.25, 0.3) is 5.56 Å². The minimum atomic E-state index is -1.03. The molecule has 2 heterocycles. The Labute approximate surface area is 166 Å². The SMILES string of the molecule is O=C(O)CCC(=O)Nc1ccc2c(=O)n3c(nc2c1)C(=Cc1ccccc1)CC3. The Morgan fingerprint density at radius 3 is 2.69 bits per heavy atom. The first-order valence-electron chi connectivity index (χ1n) is 9.33. The number of amides is 1. The molecule has 1 aliphatic heterocycles. The van der Waals surface area contributed by atoms with Gasteiger partial charge in [-0.1, -0.05) is 30.3 Å². The maximum Gasteiger partial charge on any atom is 0.303 e. The number of carboxylic acids is 1. The zero-order chi connectivity index (χ0) is 20.4. The molecule has 0 saturated heterocycles. The van der Waals surface area contributed by atoms with Gasteiger partial charge in [0.15, 0.2) is 0 Å². The van der Waals surface area contributed by atoms with Gasteiger partial charge in [0, 0.05) is 18.7 Å². The van der Waals surface area contributed by atoms with E-state index in [1.807, 2.05) is 36.4 Å². The minimum Gasteiger partial charge on any atom is -0.481 e. The van der Waals surface area contributed by atoms with E-state index < -0.39 is 11.9 Å². The summed E-state index contributed by atoms with van der Waals surface area (Å²) in [7, 11) is 0. The number of rotatable bonds is 5. The predicted molar refractivity (Wildman–Crippen MR) is 110 cm³/mol. The van der Waals surface area contributed by atoms with Crippen LogP contribution in [0.1, 0.15) is 30.7 Å². The Bertz CT molecular complexity index is 1200. The third-order valence-electron chi connectivity index (χ3n) is 4.84. The van der Waals surface area contributed by atoms with Crippen molar-refractivity contribution in [3.8, 4) is 0 Å². The molecule has 1 amide bonds. The van der Waals surface area contributed by atoms with Gasteiger partial charge in [-0.3, -0.25) is 19.0 Å². The molecular formula is C22H19N3O4. The van der Waals surface area contributed by atoms with E-state index in [0.717, 1.165) is 17.6 Å². The number of benzene rings is 2. The molecule has 146 valence electrons. The van der Waals surface area contributed by atoms with Crippen molar-refractivity contribution in [2.75, 3.05) is 5.32 Å². The van der Waals surface area contributed by atoms with E-state index in [-0.39, 0.29) is 18.4 Å². The largest absolute Gasteiger partial charge is 0.481 e. The molecule has 2 N–H and O–H groups in total. The van der Waals surface area contributed by atoms with E-state index in [9.17, 15) is 14.4 Å².